The Morgan fingerprint density at radius 2 is 2.07 bits per heavy atom. The van der Waals surface area contributed by atoms with Crippen LogP contribution in [0.25, 0.3) is 0 Å². The third kappa shape index (κ3) is 3.20. The molecule has 0 aliphatic carbocycles. The van der Waals surface area contributed by atoms with Gasteiger partial charge in [-0.25, -0.2) is 0 Å². The Hall–Kier alpha value is -1.95. The summed E-state index contributed by atoms with van der Waals surface area (Å²) in [5, 5.41) is 11.6. The Bertz CT molecular complexity index is 349. The maximum Gasteiger partial charge on any atom is 0.295 e. The molecule has 72 valence electrons. The molecule has 0 unspecified atom stereocenters. The van der Waals surface area contributed by atoms with Gasteiger partial charge in [0.05, 0.1) is 0 Å². The fourth-order valence-electron chi connectivity index (χ4n) is 1.03. The molecule has 0 spiro atoms. The number of carbonyl (C=O) groups excluding carboxylic acids is 1. The zero-order chi connectivity index (χ0) is 10.4. The molecule has 0 heterocycles. The minimum atomic E-state index is -0.399. The normalized spacial score (nSPS) is 9.07. The van der Waals surface area contributed by atoms with E-state index in [0.29, 0.717) is 13.0 Å². The number of amides is 1. The van der Waals surface area contributed by atoms with E-state index in [9.17, 15) is 4.79 Å². The molecule has 0 saturated heterocycles. The number of aromatic hydroxyl groups is 1. The van der Waals surface area contributed by atoms with Crippen molar-refractivity contribution in [1.82, 2.24) is 5.32 Å². The molecule has 0 atom stereocenters. The molecule has 1 aromatic rings. The van der Waals surface area contributed by atoms with E-state index in [4.69, 9.17) is 11.5 Å². The van der Waals surface area contributed by atoms with E-state index < -0.39 is 5.91 Å². The minimum Gasteiger partial charge on any atom is -0.508 e. The molecule has 0 aliphatic heterocycles. The largest absolute Gasteiger partial charge is 0.508 e. The first-order valence-corrected chi connectivity index (χ1v) is 4.24. The van der Waals surface area contributed by atoms with Crippen molar-refractivity contribution in [3.05, 3.63) is 29.8 Å². The summed E-state index contributed by atoms with van der Waals surface area (Å²) in [6, 6.07) is 6.82. The molecule has 0 saturated carbocycles. The first-order chi connectivity index (χ1) is 6.72. The van der Waals surface area contributed by atoms with Gasteiger partial charge < -0.3 is 10.4 Å². The van der Waals surface area contributed by atoms with Crippen LogP contribution in [-0.4, -0.2) is 17.6 Å². The van der Waals surface area contributed by atoms with E-state index in [1.807, 2.05) is 5.92 Å². The molecule has 3 nitrogen and oxygen atoms in total. The molecule has 1 rings (SSSR count). The number of phenols is 1. The number of carbonyl (C=O) groups is 1. The standard InChI is InChI=1S/C11H11NO2/c1-2-11(14)12-8-7-9-3-5-10(13)6-4-9/h1,3-6,13H,7-8H2,(H,12,14). The Balaban J connectivity index is 2.36. The van der Waals surface area contributed by atoms with Gasteiger partial charge in [0.2, 0.25) is 0 Å². The third-order valence-corrected chi connectivity index (χ3v) is 1.77. The van der Waals surface area contributed by atoms with Crippen molar-refractivity contribution < 1.29 is 9.90 Å². The van der Waals surface area contributed by atoms with Crippen LogP contribution in [0, 0.1) is 12.3 Å². The van der Waals surface area contributed by atoms with Crippen molar-refractivity contribution in [3.63, 3.8) is 0 Å². The summed E-state index contributed by atoms with van der Waals surface area (Å²) in [5.41, 5.74) is 1.04. The van der Waals surface area contributed by atoms with Crippen LogP contribution in [0.5, 0.6) is 5.75 Å². The van der Waals surface area contributed by atoms with Gasteiger partial charge in [-0.15, -0.1) is 6.42 Å². The summed E-state index contributed by atoms with van der Waals surface area (Å²) < 4.78 is 0. The molecule has 3 heteroatoms. The summed E-state index contributed by atoms with van der Waals surface area (Å²) in [4.78, 5) is 10.7. The average Bonchev–Trinajstić information content (AvgIpc) is 2.21. The van der Waals surface area contributed by atoms with E-state index in [-0.39, 0.29) is 5.75 Å². The average molecular weight is 189 g/mol. The lowest BCUT2D eigenvalue weighted by Crippen LogP contribution is -2.23. The van der Waals surface area contributed by atoms with Crippen LogP contribution in [0.4, 0.5) is 0 Å². The van der Waals surface area contributed by atoms with Crippen LogP contribution >= 0.6 is 0 Å². The second kappa shape index (κ2) is 4.93. The number of phenolic OH excluding ortho intramolecular Hbond substituents is 1. The van der Waals surface area contributed by atoms with Crippen molar-refractivity contribution >= 4 is 5.91 Å². The first-order valence-electron chi connectivity index (χ1n) is 4.24. The number of terminal acetylenes is 1. The summed E-state index contributed by atoms with van der Waals surface area (Å²) >= 11 is 0. The van der Waals surface area contributed by atoms with Gasteiger partial charge in [0.1, 0.15) is 5.75 Å². The second-order valence-corrected chi connectivity index (χ2v) is 2.82. The monoisotopic (exact) mass is 189 g/mol. The van der Waals surface area contributed by atoms with Crippen LogP contribution < -0.4 is 5.32 Å². The van der Waals surface area contributed by atoms with Crippen LogP contribution in [0.1, 0.15) is 5.56 Å². The Labute approximate surface area is 82.8 Å². The summed E-state index contributed by atoms with van der Waals surface area (Å²) in [5.74, 6) is 1.81. The SMILES string of the molecule is C#CC(=O)NCCc1ccc(O)cc1. The lowest BCUT2D eigenvalue weighted by Gasteiger charge is -2.01. The fraction of sp³-hybridized carbons (Fsp3) is 0.182. The lowest BCUT2D eigenvalue weighted by molar-refractivity contribution is -0.115. The third-order valence-electron chi connectivity index (χ3n) is 1.77. The van der Waals surface area contributed by atoms with Gasteiger partial charge in [0.25, 0.3) is 5.91 Å². The fourth-order valence-corrected chi connectivity index (χ4v) is 1.03. The molecule has 0 aliphatic rings. The van der Waals surface area contributed by atoms with Crippen molar-refractivity contribution in [2.24, 2.45) is 0 Å². The smallest absolute Gasteiger partial charge is 0.295 e. The Kier molecular flexibility index (Phi) is 3.57. The van der Waals surface area contributed by atoms with Gasteiger partial charge in [-0.2, -0.15) is 0 Å². The molecule has 1 amide bonds. The van der Waals surface area contributed by atoms with E-state index in [2.05, 4.69) is 5.32 Å². The highest BCUT2D eigenvalue weighted by Crippen LogP contribution is 2.09. The topological polar surface area (TPSA) is 49.3 Å². The maximum absolute atomic E-state index is 10.7. The van der Waals surface area contributed by atoms with Gasteiger partial charge in [-0.3, -0.25) is 4.79 Å². The molecule has 2 N–H and O–H groups in total. The van der Waals surface area contributed by atoms with Crippen LogP contribution in [0.2, 0.25) is 0 Å². The van der Waals surface area contributed by atoms with Gasteiger partial charge in [-0.1, -0.05) is 12.1 Å². The number of benzene rings is 1. The van der Waals surface area contributed by atoms with Crippen molar-refractivity contribution in [3.8, 4) is 18.1 Å². The van der Waals surface area contributed by atoms with Gasteiger partial charge in [0.15, 0.2) is 0 Å². The van der Waals surface area contributed by atoms with Gasteiger partial charge >= 0.3 is 0 Å². The van der Waals surface area contributed by atoms with Crippen molar-refractivity contribution in [2.45, 2.75) is 6.42 Å². The van der Waals surface area contributed by atoms with Crippen molar-refractivity contribution in [2.75, 3.05) is 6.54 Å². The molecule has 0 radical (unpaired) electrons. The summed E-state index contributed by atoms with van der Waals surface area (Å²) in [6.07, 6.45) is 5.58. The lowest BCUT2D eigenvalue weighted by atomic mass is 10.1. The van der Waals surface area contributed by atoms with Crippen molar-refractivity contribution in [1.29, 1.82) is 0 Å². The zero-order valence-electron chi connectivity index (χ0n) is 7.66. The quantitative estimate of drug-likeness (QED) is 0.687. The first kappa shape index (κ1) is 10.1. The van der Waals surface area contributed by atoms with Gasteiger partial charge in [0, 0.05) is 6.54 Å². The summed E-state index contributed by atoms with van der Waals surface area (Å²) in [6.45, 7) is 0.508. The number of rotatable bonds is 3. The number of nitrogens with one attached hydrogen (secondary N) is 1. The molecular weight excluding hydrogens is 178 g/mol. The molecule has 1 aromatic carbocycles. The minimum absolute atomic E-state index is 0.237. The second-order valence-electron chi connectivity index (χ2n) is 2.82. The van der Waals surface area contributed by atoms with E-state index >= 15 is 0 Å². The van der Waals surface area contributed by atoms with E-state index in [0.717, 1.165) is 5.56 Å². The van der Waals surface area contributed by atoms with E-state index in [1.54, 1.807) is 24.3 Å². The zero-order valence-corrected chi connectivity index (χ0v) is 7.66. The molecule has 14 heavy (non-hydrogen) atoms. The molecule has 0 bridgehead atoms. The molecular formula is C11H11NO2. The highest BCUT2D eigenvalue weighted by molar-refractivity contribution is 5.92. The van der Waals surface area contributed by atoms with Gasteiger partial charge in [-0.05, 0) is 30.0 Å². The van der Waals surface area contributed by atoms with Crippen LogP contribution in [0.3, 0.4) is 0 Å². The molecule has 0 aromatic heterocycles. The highest BCUT2D eigenvalue weighted by atomic mass is 16.3. The Morgan fingerprint density at radius 3 is 2.64 bits per heavy atom. The predicted molar refractivity (Wildman–Crippen MR) is 53.7 cm³/mol. The predicted octanol–water partition coefficient (Wildman–Crippen LogP) is 0.684. The van der Waals surface area contributed by atoms with E-state index in [1.165, 1.54) is 0 Å². The molecule has 0 fully saturated rings. The summed E-state index contributed by atoms with van der Waals surface area (Å²) in [7, 11) is 0. The van der Waals surface area contributed by atoms with Crippen LogP contribution in [0.15, 0.2) is 24.3 Å². The van der Waals surface area contributed by atoms with Crippen LogP contribution in [-0.2, 0) is 11.2 Å². The number of hydrogen-bond acceptors (Lipinski definition) is 2. The highest BCUT2D eigenvalue weighted by Gasteiger charge is 1.95. The maximum atomic E-state index is 10.7. The Morgan fingerprint density at radius 1 is 1.43 bits per heavy atom. The number of hydrogen-bond donors (Lipinski definition) is 2.